The van der Waals surface area contributed by atoms with E-state index in [0.717, 1.165) is 24.2 Å². The minimum Gasteiger partial charge on any atom is -0.456 e. The highest BCUT2D eigenvalue weighted by Gasteiger charge is 2.26. The van der Waals surface area contributed by atoms with Crippen LogP contribution >= 0.6 is 11.6 Å². The molecule has 5 rings (SSSR count). The van der Waals surface area contributed by atoms with Crippen molar-refractivity contribution < 1.29 is 23.9 Å². The number of H-pyrrole nitrogens is 1. The molecule has 230 valence electrons. The Morgan fingerprint density at radius 3 is 2.04 bits per heavy atom. The maximum Gasteiger partial charge on any atom is 0.343 e. The average Bonchev–Trinajstić information content (AvgIpc) is 3.45. The van der Waals surface area contributed by atoms with Crippen molar-refractivity contribution in [2.24, 2.45) is 0 Å². The second-order valence-electron chi connectivity index (χ2n) is 10.4. The average molecular weight is 624 g/mol. The summed E-state index contributed by atoms with van der Waals surface area (Å²) < 4.78 is 11.8. The number of aromatic nitrogens is 1. The molecule has 0 saturated carbocycles. The summed E-state index contributed by atoms with van der Waals surface area (Å²) in [7, 11) is 0. The number of benzene rings is 4. The normalized spacial score (nSPS) is 11.7. The highest BCUT2D eigenvalue weighted by atomic mass is 35.5. The quantitative estimate of drug-likeness (QED) is 0.145. The number of hydrogen-bond acceptors (Lipinski definition) is 6. The second-order valence-corrected chi connectivity index (χ2v) is 10.8. The van der Waals surface area contributed by atoms with Crippen molar-refractivity contribution in [3.05, 3.63) is 125 Å². The molecule has 0 fully saturated rings. The number of fused-ring (bicyclic) bond motifs is 1. The number of likely N-dealkylation sites (N-methyl/N-ethyl adjacent to an activating group) is 1. The van der Waals surface area contributed by atoms with Gasteiger partial charge in [0.25, 0.3) is 5.91 Å². The Morgan fingerprint density at radius 2 is 1.42 bits per heavy atom. The van der Waals surface area contributed by atoms with E-state index < -0.39 is 23.9 Å². The fraction of sp³-hybridized carbons (Fsp3) is 0.194. The van der Waals surface area contributed by atoms with Gasteiger partial charge >= 0.3 is 11.9 Å². The van der Waals surface area contributed by atoms with Gasteiger partial charge in [-0.1, -0.05) is 86.1 Å². The zero-order valence-electron chi connectivity index (χ0n) is 25.1. The van der Waals surface area contributed by atoms with Gasteiger partial charge in [-0.25, -0.2) is 9.59 Å². The van der Waals surface area contributed by atoms with Crippen molar-refractivity contribution in [1.82, 2.24) is 15.2 Å². The van der Waals surface area contributed by atoms with E-state index in [4.69, 9.17) is 21.1 Å². The Kier molecular flexibility index (Phi) is 10.3. The van der Waals surface area contributed by atoms with E-state index in [9.17, 15) is 14.4 Å². The van der Waals surface area contributed by atoms with E-state index in [-0.39, 0.29) is 18.0 Å². The first-order valence-electron chi connectivity index (χ1n) is 14.8. The molecular weight excluding hydrogens is 590 g/mol. The van der Waals surface area contributed by atoms with Crippen LogP contribution in [0.3, 0.4) is 0 Å². The van der Waals surface area contributed by atoms with Gasteiger partial charge in [0.15, 0.2) is 5.75 Å². The molecule has 5 aromatic rings. The molecule has 1 heterocycles. The van der Waals surface area contributed by atoms with Crippen LogP contribution in [0.25, 0.3) is 22.0 Å². The number of hydrogen-bond donors (Lipinski definition) is 2. The van der Waals surface area contributed by atoms with E-state index in [1.807, 2.05) is 50.2 Å². The van der Waals surface area contributed by atoms with E-state index in [2.05, 4.69) is 15.2 Å². The number of rotatable bonds is 12. The smallest absolute Gasteiger partial charge is 0.343 e. The minimum absolute atomic E-state index is 0.0411. The first-order chi connectivity index (χ1) is 21.9. The molecule has 0 saturated heterocycles. The molecule has 1 aromatic heterocycles. The number of aromatic amines is 1. The molecule has 0 radical (unpaired) electrons. The summed E-state index contributed by atoms with van der Waals surface area (Å²) in [6.45, 7) is 6.01. The van der Waals surface area contributed by atoms with Crippen LogP contribution in [-0.4, -0.2) is 60.0 Å². The molecule has 1 amide bonds. The number of carbonyl (C=O) groups excluding carboxylic acids is 3. The molecule has 45 heavy (non-hydrogen) atoms. The van der Waals surface area contributed by atoms with Gasteiger partial charge in [0.05, 0.1) is 28.6 Å². The summed E-state index contributed by atoms with van der Waals surface area (Å²) in [4.78, 5) is 45.3. The molecule has 0 bridgehead atoms. The SMILES string of the molecule is CCN(CC)CC(CNC(=O)c1[nH]c2cccc(-c3ccc(Cl)cc3)c2c1OC(=O)c1ccccc1)OC(=O)c1ccccc1. The predicted octanol–water partition coefficient (Wildman–Crippen LogP) is 7.00. The summed E-state index contributed by atoms with van der Waals surface area (Å²) >= 11 is 6.14. The number of halogens is 1. The minimum atomic E-state index is -0.633. The molecule has 0 aliphatic carbocycles. The Morgan fingerprint density at radius 1 is 0.800 bits per heavy atom. The molecule has 8 nitrogen and oxygen atoms in total. The Hall–Kier alpha value is -4.92. The van der Waals surface area contributed by atoms with Crippen molar-refractivity contribution in [1.29, 1.82) is 0 Å². The van der Waals surface area contributed by atoms with Crippen LogP contribution < -0.4 is 10.1 Å². The summed E-state index contributed by atoms with van der Waals surface area (Å²) in [6.07, 6.45) is -0.633. The van der Waals surface area contributed by atoms with Gasteiger partial charge in [-0.3, -0.25) is 4.79 Å². The van der Waals surface area contributed by atoms with Crippen LogP contribution in [0.4, 0.5) is 0 Å². The molecule has 0 spiro atoms. The van der Waals surface area contributed by atoms with Gasteiger partial charge in [-0.05, 0) is 66.7 Å². The lowest BCUT2D eigenvalue weighted by atomic mass is 10.0. The maximum absolute atomic E-state index is 13.8. The van der Waals surface area contributed by atoms with Crippen molar-refractivity contribution in [3.8, 4) is 16.9 Å². The predicted molar refractivity (Wildman–Crippen MR) is 176 cm³/mol. The number of nitrogens with zero attached hydrogens (tertiary/aromatic N) is 1. The zero-order valence-corrected chi connectivity index (χ0v) is 25.8. The first-order valence-corrected chi connectivity index (χ1v) is 15.2. The molecule has 1 unspecified atom stereocenters. The summed E-state index contributed by atoms with van der Waals surface area (Å²) in [6, 6.07) is 30.2. The Balaban J connectivity index is 1.48. The second kappa shape index (κ2) is 14.7. The third kappa shape index (κ3) is 7.60. The van der Waals surface area contributed by atoms with Crippen LogP contribution in [0, 0.1) is 0 Å². The summed E-state index contributed by atoms with van der Waals surface area (Å²) in [5, 5.41) is 4.07. The number of nitrogens with one attached hydrogen (secondary N) is 2. The standard InChI is InChI=1S/C36H34ClN3O5/c1-3-40(4-2)23-28(44-35(42)25-12-7-5-8-13-25)22-38-34(41)32-33(45-36(43)26-14-9-6-10-15-26)31-29(16-11-17-30(31)39-32)24-18-20-27(37)21-19-24/h5-21,28,39H,3-4,22-23H2,1-2H3,(H,38,41). The number of ether oxygens (including phenoxy) is 2. The fourth-order valence-electron chi connectivity index (χ4n) is 5.08. The first kappa shape index (κ1) is 31.5. The topological polar surface area (TPSA) is 101 Å². The number of carbonyl (C=O) groups is 3. The maximum atomic E-state index is 13.8. The van der Waals surface area contributed by atoms with Crippen LogP contribution in [0.2, 0.25) is 5.02 Å². The lowest BCUT2D eigenvalue weighted by molar-refractivity contribution is 0.0209. The van der Waals surface area contributed by atoms with Gasteiger partial charge < -0.3 is 24.7 Å². The fourth-order valence-corrected chi connectivity index (χ4v) is 5.20. The lowest BCUT2D eigenvalue weighted by Gasteiger charge is -2.25. The molecular formula is C36H34ClN3O5. The molecule has 1 atom stereocenters. The monoisotopic (exact) mass is 623 g/mol. The van der Waals surface area contributed by atoms with Crippen molar-refractivity contribution in [3.63, 3.8) is 0 Å². The van der Waals surface area contributed by atoms with Crippen LogP contribution in [0.5, 0.6) is 5.75 Å². The van der Waals surface area contributed by atoms with Crippen molar-refractivity contribution in [2.75, 3.05) is 26.2 Å². The molecule has 4 aromatic carbocycles. The van der Waals surface area contributed by atoms with Crippen LogP contribution in [0.15, 0.2) is 103 Å². The highest BCUT2D eigenvalue weighted by Crippen LogP contribution is 2.39. The highest BCUT2D eigenvalue weighted by molar-refractivity contribution is 6.30. The third-order valence-electron chi connectivity index (χ3n) is 7.49. The third-order valence-corrected chi connectivity index (χ3v) is 7.75. The van der Waals surface area contributed by atoms with E-state index >= 15 is 0 Å². The van der Waals surface area contributed by atoms with Gasteiger partial charge in [0.2, 0.25) is 0 Å². The van der Waals surface area contributed by atoms with Crippen molar-refractivity contribution >= 4 is 40.3 Å². The molecule has 0 aliphatic heterocycles. The van der Waals surface area contributed by atoms with E-state index in [0.29, 0.717) is 33.6 Å². The van der Waals surface area contributed by atoms with Gasteiger partial charge in [-0.15, -0.1) is 0 Å². The van der Waals surface area contributed by atoms with E-state index in [1.165, 1.54) is 0 Å². The molecule has 0 aliphatic rings. The summed E-state index contributed by atoms with van der Waals surface area (Å²) in [5.74, 6) is -1.49. The zero-order chi connectivity index (χ0) is 31.8. The van der Waals surface area contributed by atoms with Crippen LogP contribution in [0.1, 0.15) is 45.1 Å². The van der Waals surface area contributed by atoms with E-state index in [1.54, 1.807) is 66.7 Å². The number of esters is 2. The Labute approximate surface area is 266 Å². The molecule has 2 N–H and O–H groups in total. The van der Waals surface area contributed by atoms with Gasteiger partial charge in [0.1, 0.15) is 11.8 Å². The Bertz CT molecular complexity index is 1770. The van der Waals surface area contributed by atoms with Crippen molar-refractivity contribution in [2.45, 2.75) is 20.0 Å². The van der Waals surface area contributed by atoms with Gasteiger partial charge in [0, 0.05) is 11.6 Å². The summed E-state index contributed by atoms with van der Waals surface area (Å²) in [5.41, 5.74) is 3.04. The molecule has 9 heteroatoms. The largest absolute Gasteiger partial charge is 0.456 e. The number of amides is 1. The van der Waals surface area contributed by atoms with Crippen LogP contribution in [-0.2, 0) is 4.74 Å². The van der Waals surface area contributed by atoms with Gasteiger partial charge in [-0.2, -0.15) is 0 Å². The lowest BCUT2D eigenvalue weighted by Crippen LogP contribution is -2.42.